The third-order valence-corrected chi connectivity index (χ3v) is 12.1. The maximum absolute atomic E-state index is 12.4. The van der Waals surface area contributed by atoms with Crippen molar-refractivity contribution in [1.29, 1.82) is 0 Å². The zero-order valence-corrected chi connectivity index (χ0v) is 38.1. The van der Waals surface area contributed by atoms with Gasteiger partial charge in [-0.2, -0.15) is 30.7 Å². The molecule has 0 aromatic heterocycles. The maximum Gasteiger partial charge on any atom is 0.506 e. The van der Waals surface area contributed by atoms with Crippen LogP contribution < -0.4 is 0 Å². The molecule has 0 saturated carbocycles. The van der Waals surface area contributed by atoms with Crippen LogP contribution in [-0.4, -0.2) is 88.3 Å². The van der Waals surface area contributed by atoms with E-state index in [4.69, 9.17) is 20.1 Å². The van der Waals surface area contributed by atoms with Crippen LogP contribution in [0.2, 0.25) is 0 Å². The summed E-state index contributed by atoms with van der Waals surface area (Å²) < 4.78 is 10.5. The number of carboxylic acid groups (broad SMARTS) is 2. The number of ether oxygens (including phenoxy) is 2. The van der Waals surface area contributed by atoms with Crippen LogP contribution in [0.25, 0.3) is 0 Å². The number of thioether (sulfide) groups is 4. The highest BCUT2D eigenvalue weighted by molar-refractivity contribution is 8.01. The standard InChI is InChI=1S/C36H70N6O6S4/c1-26(2)23-34(15,41-37-30(5,6)7)50-20-17-36(48-29(45)46,18-21-51-35(16,24-27(3)4)42-38-31(8,9)10)25-52-33(13,14)40-39-32(11,12)49-22-19-47-28(43)44/h26-27H,17-25H2,1-16H3,(H,43,44)(H,45,46). The Hall–Kier alpha value is -1.26. The summed E-state index contributed by atoms with van der Waals surface area (Å²) in [4.78, 5) is 20.8. The molecule has 0 aliphatic rings. The molecule has 12 nitrogen and oxygen atoms in total. The zero-order valence-electron chi connectivity index (χ0n) is 34.9. The van der Waals surface area contributed by atoms with E-state index < -0.39 is 37.4 Å². The van der Waals surface area contributed by atoms with E-state index >= 15 is 0 Å². The fraction of sp³-hybridized carbons (Fsp3) is 0.944. The van der Waals surface area contributed by atoms with E-state index in [9.17, 15) is 14.7 Å². The van der Waals surface area contributed by atoms with Gasteiger partial charge in [-0.05, 0) is 132 Å². The second kappa shape index (κ2) is 21.7. The molecule has 0 fully saturated rings. The van der Waals surface area contributed by atoms with E-state index in [0.29, 0.717) is 47.7 Å². The zero-order chi connectivity index (χ0) is 40.7. The Kier molecular flexibility index (Phi) is 21.2. The summed E-state index contributed by atoms with van der Waals surface area (Å²) in [6.45, 7) is 32.8. The van der Waals surface area contributed by atoms with Crippen LogP contribution in [0, 0.1) is 11.8 Å². The molecule has 0 spiro atoms. The van der Waals surface area contributed by atoms with E-state index in [1.54, 1.807) is 23.5 Å². The summed E-state index contributed by atoms with van der Waals surface area (Å²) in [7, 11) is 0. The van der Waals surface area contributed by atoms with Crippen LogP contribution >= 0.6 is 47.0 Å². The number of azo groups is 3. The van der Waals surface area contributed by atoms with E-state index in [2.05, 4.69) is 66.7 Å². The fourth-order valence-corrected chi connectivity index (χ4v) is 9.57. The molecule has 16 heteroatoms. The van der Waals surface area contributed by atoms with Crippen molar-refractivity contribution >= 4 is 59.4 Å². The summed E-state index contributed by atoms with van der Waals surface area (Å²) >= 11 is 6.32. The molecule has 0 rings (SSSR count). The minimum Gasteiger partial charge on any atom is -0.450 e. The smallest absolute Gasteiger partial charge is 0.450 e. The van der Waals surface area contributed by atoms with E-state index in [0.717, 1.165) is 12.8 Å². The molecule has 2 atom stereocenters. The van der Waals surface area contributed by atoms with Crippen LogP contribution in [0.1, 0.15) is 136 Å². The third-order valence-electron chi connectivity index (χ3n) is 6.93. The monoisotopic (exact) mass is 810 g/mol. The normalized spacial score (nSPS) is 17.2. The predicted octanol–water partition coefficient (Wildman–Crippen LogP) is 12.8. The maximum atomic E-state index is 12.4. The minimum absolute atomic E-state index is 0.0593. The van der Waals surface area contributed by atoms with Gasteiger partial charge in [0.1, 0.15) is 31.7 Å². The van der Waals surface area contributed by atoms with Crippen molar-refractivity contribution in [2.75, 3.05) is 29.6 Å². The molecule has 0 radical (unpaired) electrons. The number of hydrogen-bond donors (Lipinski definition) is 2. The summed E-state index contributed by atoms with van der Waals surface area (Å²) in [5.41, 5.74) is -1.65. The first kappa shape index (κ1) is 50.7. The van der Waals surface area contributed by atoms with Gasteiger partial charge in [-0.1, -0.05) is 27.7 Å². The van der Waals surface area contributed by atoms with E-state index in [1.165, 1.54) is 23.5 Å². The molecule has 0 aromatic carbocycles. The largest absolute Gasteiger partial charge is 0.506 e. The van der Waals surface area contributed by atoms with Crippen molar-refractivity contribution in [3.05, 3.63) is 0 Å². The number of rotatable bonds is 24. The van der Waals surface area contributed by atoms with Gasteiger partial charge in [0, 0.05) is 11.5 Å². The average Bonchev–Trinajstić information content (AvgIpc) is 2.94. The lowest BCUT2D eigenvalue weighted by Gasteiger charge is -2.36. The molecule has 2 unspecified atom stereocenters. The summed E-state index contributed by atoms with van der Waals surface area (Å²) in [6.07, 6.45) is -0.0303. The fourth-order valence-electron chi connectivity index (χ4n) is 4.81. The topological polar surface area (TPSA) is 167 Å². The SMILES string of the molecule is CC(C)CC(C)(N=NC(C)(C)C)SCCC(CCSC(C)(CC(C)C)N=NC(C)(C)C)(CSC(C)(C)N=NC(C)(C)SCCOC(=O)O)OC(=O)O. The second-order valence-electron chi connectivity index (χ2n) is 17.4. The van der Waals surface area contributed by atoms with Crippen molar-refractivity contribution in [1.82, 2.24) is 0 Å². The molecule has 0 amide bonds. The lowest BCUT2D eigenvalue weighted by molar-refractivity contribution is -0.00775. The molecule has 0 saturated heterocycles. The molecule has 0 aliphatic heterocycles. The molecule has 0 aromatic rings. The van der Waals surface area contributed by atoms with Crippen LogP contribution in [0.3, 0.4) is 0 Å². The molecular weight excluding hydrogens is 741 g/mol. The Balaban J connectivity index is 6.48. The quantitative estimate of drug-likeness (QED) is 0.0544. The van der Waals surface area contributed by atoms with Gasteiger partial charge in [-0.25, -0.2) is 9.59 Å². The van der Waals surface area contributed by atoms with Gasteiger partial charge < -0.3 is 19.7 Å². The molecule has 0 aliphatic carbocycles. The van der Waals surface area contributed by atoms with Crippen LogP contribution in [0.4, 0.5) is 9.59 Å². The minimum atomic E-state index is -1.31. The molecule has 0 heterocycles. The van der Waals surface area contributed by atoms with Gasteiger partial charge in [0.15, 0.2) is 0 Å². The van der Waals surface area contributed by atoms with Crippen LogP contribution in [-0.2, 0) is 9.47 Å². The highest BCUT2D eigenvalue weighted by Gasteiger charge is 2.39. The van der Waals surface area contributed by atoms with Crippen molar-refractivity contribution in [3.8, 4) is 0 Å². The number of hydrogen-bond acceptors (Lipinski definition) is 14. The van der Waals surface area contributed by atoms with Crippen molar-refractivity contribution in [3.63, 3.8) is 0 Å². The van der Waals surface area contributed by atoms with E-state index in [-0.39, 0.29) is 17.7 Å². The second-order valence-corrected chi connectivity index (χ2v) is 23.8. The Bertz CT molecular complexity index is 1140. The number of carbonyl (C=O) groups is 2. The first-order chi connectivity index (χ1) is 23.4. The highest BCUT2D eigenvalue weighted by atomic mass is 32.2. The van der Waals surface area contributed by atoms with Crippen molar-refractivity contribution in [2.24, 2.45) is 42.5 Å². The first-order valence-corrected chi connectivity index (χ1v) is 22.0. The van der Waals surface area contributed by atoms with E-state index in [1.807, 2.05) is 69.2 Å². The Morgan fingerprint density at radius 2 is 0.962 bits per heavy atom. The molecule has 2 N–H and O–H groups in total. The third kappa shape index (κ3) is 25.7. The molecular formula is C36H70N6O6S4. The summed E-state index contributed by atoms with van der Waals surface area (Å²) in [6, 6.07) is 0. The molecule has 0 bridgehead atoms. The molecule has 52 heavy (non-hydrogen) atoms. The number of nitrogens with zero attached hydrogens (tertiary/aromatic N) is 6. The lowest BCUT2D eigenvalue weighted by Crippen LogP contribution is -2.41. The lowest BCUT2D eigenvalue weighted by atomic mass is 9.99. The average molecular weight is 811 g/mol. The van der Waals surface area contributed by atoms with Crippen LogP contribution in [0.15, 0.2) is 30.7 Å². The van der Waals surface area contributed by atoms with Gasteiger partial charge >= 0.3 is 12.3 Å². The van der Waals surface area contributed by atoms with Crippen molar-refractivity contribution < 1.29 is 29.3 Å². The predicted molar refractivity (Wildman–Crippen MR) is 223 cm³/mol. The van der Waals surface area contributed by atoms with Gasteiger partial charge in [-0.15, -0.1) is 47.0 Å². The van der Waals surface area contributed by atoms with Gasteiger partial charge in [0.2, 0.25) is 0 Å². The Morgan fingerprint density at radius 3 is 1.31 bits per heavy atom. The van der Waals surface area contributed by atoms with Gasteiger partial charge in [-0.3, -0.25) is 0 Å². The highest BCUT2D eigenvalue weighted by Crippen LogP contribution is 2.42. The van der Waals surface area contributed by atoms with Crippen molar-refractivity contribution in [2.45, 2.75) is 173 Å². The molecule has 304 valence electrons. The summed E-state index contributed by atoms with van der Waals surface area (Å²) in [5.74, 6) is 2.81. The van der Waals surface area contributed by atoms with Gasteiger partial charge in [0.05, 0.1) is 11.1 Å². The summed E-state index contributed by atoms with van der Waals surface area (Å²) in [5, 5.41) is 47.0. The Morgan fingerprint density at radius 1 is 0.558 bits per heavy atom. The van der Waals surface area contributed by atoms with Gasteiger partial charge in [0.25, 0.3) is 0 Å². The Labute approximate surface area is 331 Å². The van der Waals surface area contributed by atoms with Crippen LogP contribution in [0.5, 0.6) is 0 Å². The first-order valence-electron chi connectivity index (χ1n) is 18.1.